The predicted molar refractivity (Wildman–Crippen MR) is 217 cm³/mol. The Morgan fingerprint density at radius 1 is 0.877 bits per heavy atom. The van der Waals surface area contributed by atoms with Gasteiger partial charge in [-0.15, -0.1) is 0 Å². The standard InChI is InChI=1S/C42H47N5O7S2.Na/c1-41(2)32-14-5-7-16-36(32)46(24-10-26-55(48,49)50)38(41)22-18-29-12-9-13-30(40(29)54-31-20-21-34-35(28-31)44-45-43-34)19-23-39-42(3,4)33-15-6-8-17-37(33)47(39)25-11-27-56(51,52)53;/h5-8,14-23,28H,9-13,24-27H2,1-4H3,(H2-,43,44,45,48,49,50,51,52,53);/q;+1. The number of anilines is 1. The Bertz CT molecular complexity index is 2570. The van der Waals surface area contributed by atoms with Gasteiger partial charge in [0.25, 0.3) is 10.1 Å². The molecule has 15 heteroatoms. The van der Waals surface area contributed by atoms with E-state index in [1.165, 1.54) is 0 Å². The van der Waals surface area contributed by atoms with E-state index in [4.69, 9.17) is 4.74 Å². The summed E-state index contributed by atoms with van der Waals surface area (Å²) in [5.74, 6) is 0.556. The maximum absolute atomic E-state index is 11.6. The minimum atomic E-state index is -4.36. The Labute approximate surface area is 356 Å². The third-order valence-corrected chi connectivity index (χ3v) is 12.6. The first-order valence-corrected chi connectivity index (χ1v) is 22.0. The number of aromatic amines is 1. The zero-order valence-corrected chi connectivity index (χ0v) is 36.7. The van der Waals surface area contributed by atoms with Crippen molar-refractivity contribution in [2.45, 2.75) is 70.6 Å². The molecule has 1 aromatic heterocycles. The molecule has 294 valence electrons. The van der Waals surface area contributed by atoms with Gasteiger partial charge in [-0.2, -0.15) is 28.4 Å². The molecular formula is C42H47N5NaO7S2+. The van der Waals surface area contributed by atoms with Gasteiger partial charge in [0.1, 0.15) is 29.1 Å². The van der Waals surface area contributed by atoms with Crippen molar-refractivity contribution in [2.24, 2.45) is 0 Å². The molecule has 0 atom stereocenters. The largest absolute Gasteiger partial charge is 1.00 e. The molecule has 0 bridgehead atoms. The number of rotatable bonds is 13. The molecule has 0 fully saturated rings. The van der Waals surface area contributed by atoms with Crippen LogP contribution in [0.3, 0.4) is 0 Å². The summed E-state index contributed by atoms with van der Waals surface area (Å²) in [5.41, 5.74) is 8.82. The summed E-state index contributed by atoms with van der Waals surface area (Å²) in [6.45, 7) is 9.40. The normalized spacial score (nSPS) is 19.2. The molecule has 1 aliphatic carbocycles. The van der Waals surface area contributed by atoms with Crippen LogP contribution in [0.1, 0.15) is 70.9 Å². The van der Waals surface area contributed by atoms with Crippen LogP contribution in [-0.4, -0.2) is 76.2 Å². The Morgan fingerprint density at radius 3 is 2.35 bits per heavy atom. The molecule has 4 aromatic rings. The van der Waals surface area contributed by atoms with E-state index in [0.717, 1.165) is 75.6 Å². The number of benzene rings is 3. The molecule has 3 heterocycles. The number of H-pyrrole nitrogens is 1. The summed E-state index contributed by atoms with van der Waals surface area (Å²) in [6.07, 6.45) is 11.2. The summed E-state index contributed by atoms with van der Waals surface area (Å²) in [4.78, 5) is 2.15. The molecule has 0 amide bonds. The van der Waals surface area contributed by atoms with Crippen LogP contribution in [0.4, 0.5) is 11.4 Å². The maximum Gasteiger partial charge on any atom is 1.00 e. The van der Waals surface area contributed by atoms with E-state index in [0.29, 0.717) is 24.4 Å². The van der Waals surface area contributed by atoms with Gasteiger partial charge in [-0.05, 0) is 86.6 Å². The van der Waals surface area contributed by atoms with Gasteiger partial charge < -0.3 is 14.2 Å². The van der Waals surface area contributed by atoms with E-state index in [1.807, 2.05) is 54.6 Å². The zero-order chi connectivity index (χ0) is 39.9. The van der Waals surface area contributed by atoms with Gasteiger partial charge in [-0.1, -0.05) is 56.3 Å². The number of nitrogens with one attached hydrogen (secondary N) is 1. The van der Waals surface area contributed by atoms with Crippen LogP contribution < -0.4 is 39.2 Å². The number of fused-ring (bicyclic) bond motifs is 3. The van der Waals surface area contributed by atoms with Crippen molar-refractivity contribution < 1.29 is 64.8 Å². The fourth-order valence-electron chi connectivity index (χ4n) is 8.28. The van der Waals surface area contributed by atoms with E-state index in [9.17, 15) is 25.9 Å². The molecule has 3 aliphatic rings. The van der Waals surface area contributed by atoms with Gasteiger partial charge in [0.15, 0.2) is 5.71 Å². The molecule has 12 nitrogen and oxygen atoms in total. The van der Waals surface area contributed by atoms with Crippen LogP contribution in [0.2, 0.25) is 0 Å². The molecule has 3 aromatic carbocycles. The first-order chi connectivity index (χ1) is 26.5. The minimum Gasteiger partial charge on any atom is -0.748 e. The van der Waals surface area contributed by atoms with Crippen molar-refractivity contribution in [3.05, 3.63) is 125 Å². The second-order valence-electron chi connectivity index (χ2n) is 15.6. The van der Waals surface area contributed by atoms with E-state index in [2.05, 4.69) is 89.0 Å². The van der Waals surface area contributed by atoms with Crippen molar-refractivity contribution in [3.63, 3.8) is 0 Å². The summed E-state index contributed by atoms with van der Waals surface area (Å²) in [7, 11) is -8.47. The van der Waals surface area contributed by atoms with Crippen LogP contribution in [0.15, 0.2) is 114 Å². The van der Waals surface area contributed by atoms with Crippen molar-refractivity contribution in [2.75, 3.05) is 29.5 Å². The Hall–Kier alpha value is -3.89. The second kappa shape index (κ2) is 16.8. The predicted octanol–water partition coefficient (Wildman–Crippen LogP) is 4.23. The first-order valence-electron chi connectivity index (χ1n) is 18.8. The summed E-state index contributed by atoms with van der Waals surface area (Å²) >= 11 is 0. The smallest absolute Gasteiger partial charge is 0.748 e. The molecule has 0 radical (unpaired) electrons. The monoisotopic (exact) mass is 820 g/mol. The topological polar surface area (TPSA) is 169 Å². The average molecular weight is 821 g/mol. The molecular weight excluding hydrogens is 774 g/mol. The van der Waals surface area contributed by atoms with Crippen molar-refractivity contribution in [1.82, 2.24) is 15.4 Å². The summed E-state index contributed by atoms with van der Waals surface area (Å²) in [6, 6.07) is 21.8. The third kappa shape index (κ3) is 9.22. The molecule has 0 saturated heterocycles. The van der Waals surface area contributed by atoms with Crippen LogP contribution in [0.25, 0.3) is 11.0 Å². The fourth-order valence-corrected chi connectivity index (χ4v) is 9.26. The van der Waals surface area contributed by atoms with E-state index < -0.39 is 31.4 Å². The maximum atomic E-state index is 11.6. The molecule has 0 saturated carbocycles. The Balaban J connectivity index is 0.00000549. The minimum absolute atomic E-state index is 0. The quantitative estimate of drug-likeness (QED) is 0.113. The SMILES string of the molecule is CC1(C)C(=CC=C2CCCC(C=CC3=[N+](CCCS(=O)(=O)[O-])c4ccccc4C3(C)C)=C2Oc2ccc3n[nH]nc3c2)N(CCCS(=O)(=O)O)c2ccccc21.[Na+]. The summed E-state index contributed by atoms with van der Waals surface area (Å²) in [5, 5.41) is 11.1. The number of nitrogens with zero attached hydrogens (tertiary/aromatic N) is 4. The van der Waals surface area contributed by atoms with Gasteiger partial charge in [-0.25, -0.2) is 8.42 Å². The zero-order valence-electron chi connectivity index (χ0n) is 33.0. The van der Waals surface area contributed by atoms with E-state index in [-0.39, 0.29) is 53.6 Å². The van der Waals surface area contributed by atoms with Gasteiger partial charge in [0.2, 0.25) is 5.69 Å². The Kier molecular flexibility index (Phi) is 12.6. The molecule has 7 rings (SSSR count). The van der Waals surface area contributed by atoms with Gasteiger partial charge in [0.05, 0.1) is 21.3 Å². The third-order valence-electron chi connectivity index (χ3n) is 11.0. The number of hydrogen-bond acceptors (Lipinski definition) is 9. The second-order valence-corrected chi connectivity index (χ2v) is 18.7. The van der Waals surface area contributed by atoms with Crippen LogP contribution in [-0.2, 0) is 31.1 Å². The summed E-state index contributed by atoms with van der Waals surface area (Å²) < 4.78 is 76.3. The Morgan fingerprint density at radius 2 is 1.60 bits per heavy atom. The molecule has 57 heavy (non-hydrogen) atoms. The average Bonchev–Trinajstić information content (AvgIpc) is 3.75. The van der Waals surface area contributed by atoms with Gasteiger partial charge in [-0.3, -0.25) is 4.55 Å². The van der Waals surface area contributed by atoms with Crippen LogP contribution in [0, 0.1) is 0 Å². The number of para-hydroxylation sites is 2. The molecule has 2 N–H and O–H groups in total. The van der Waals surface area contributed by atoms with Crippen LogP contribution >= 0.6 is 0 Å². The van der Waals surface area contributed by atoms with Crippen LogP contribution in [0.5, 0.6) is 5.75 Å². The molecule has 0 unspecified atom stereocenters. The van der Waals surface area contributed by atoms with Gasteiger partial charge in [0, 0.05) is 59.3 Å². The van der Waals surface area contributed by atoms with E-state index >= 15 is 0 Å². The molecule has 2 aliphatic heterocycles. The number of hydrogen-bond donors (Lipinski definition) is 2. The number of aromatic nitrogens is 3. The van der Waals surface area contributed by atoms with E-state index in [1.54, 1.807) is 0 Å². The van der Waals surface area contributed by atoms with Crippen molar-refractivity contribution in [3.8, 4) is 5.75 Å². The van der Waals surface area contributed by atoms with Crippen molar-refractivity contribution in [1.29, 1.82) is 0 Å². The number of allylic oxidation sites excluding steroid dienone is 7. The fraction of sp³-hybridized carbons (Fsp3) is 0.357. The van der Waals surface area contributed by atoms with Gasteiger partial charge >= 0.3 is 29.6 Å². The number of ether oxygens (including phenoxy) is 1. The molecule has 0 spiro atoms. The first kappa shape index (κ1) is 42.7. The van der Waals surface area contributed by atoms with Crippen molar-refractivity contribution >= 4 is 48.4 Å².